The van der Waals surface area contributed by atoms with Gasteiger partial charge in [-0.3, -0.25) is 0 Å². The summed E-state index contributed by atoms with van der Waals surface area (Å²) in [5.74, 6) is 0.897. The van der Waals surface area contributed by atoms with Crippen molar-refractivity contribution in [2.75, 3.05) is 0 Å². The Morgan fingerprint density at radius 2 is 1.72 bits per heavy atom. The summed E-state index contributed by atoms with van der Waals surface area (Å²) in [7, 11) is 0. The largest absolute Gasteiger partial charge is 0.494 e. The molecule has 0 fully saturated rings. The summed E-state index contributed by atoms with van der Waals surface area (Å²) >= 11 is 0. The zero-order valence-electron chi connectivity index (χ0n) is 15.5. The number of fused-ring (bicyclic) bond motifs is 1. The maximum Gasteiger partial charge on any atom is 0.199 e. The lowest BCUT2D eigenvalue weighted by molar-refractivity contribution is 0.457. The standard InChI is InChI=1S/C24H18N4O/c29-24-21(19-11-4-5-12-20(19)28-24)22(16-7-2-1-3-8-16)27-18-10-6-9-17(15-18)23-25-13-14-26-23/h1-15,28-29H,(H,25,26). The SMILES string of the molecule is Oc1[nH]c2ccccc2c1C(=Nc1cccc(-c2ncc[nH]2)c1)c1ccccc1. The van der Waals surface area contributed by atoms with Crippen molar-refractivity contribution < 1.29 is 5.11 Å². The average molecular weight is 378 g/mol. The molecule has 0 saturated carbocycles. The maximum absolute atomic E-state index is 10.7. The average Bonchev–Trinajstić information content (AvgIpc) is 3.41. The van der Waals surface area contributed by atoms with E-state index in [1.807, 2.05) is 78.9 Å². The van der Waals surface area contributed by atoms with Crippen LogP contribution in [0.2, 0.25) is 0 Å². The lowest BCUT2D eigenvalue weighted by Crippen LogP contribution is -2.02. The quantitative estimate of drug-likeness (QED) is 0.365. The highest BCUT2D eigenvalue weighted by molar-refractivity contribution is 6.21. The summed E-state index contributed by atoms with van der Waals surface area (Å²) < 4.78 is 0. The van der Waals surface area contributed by atoms with Gasteiger partial charge in [-0.2, -0.15) is 0 Å². The van der Waals surface area contributed by atoms with Crippen LogP contribution >= 0.6 is 0 Å². The van der Waals surface area contributed by atoms with Crippen molar-refractivity contribution in [2.45, 2.75) is 0 Å². The second kappa shape index (κ2) is 7.13. The molecule has 2 heterocycles. The van der Waals surface area contributed by atoms with Gasteiger partial charge in [-0.15, -0.1) is 0 Å². The smallest absolute Gasteiger partial charge is 0.199 e. The fourth-order valence-corrected chi connectivity index (χ4v) is 3.50. The summed E-state index contributed by atoms with van der Waals surface area (Å²) in [6.07, 6.45) is 3.52. The molecule has 0 bridgehead atoms. The number of aromatic hydroxyl groups is 1. The van der Waals surface area contributed by atoms with Crippen molar-refractivity contribution in [2.24, 2.45) is 4.99 Å². The molecule has 2 aromatic heterocycles. The minimum absolute atomic E-state index is 0.107. The molecule has 140 valence electrons. The molecule has 5 heteroatoms. The van der Waals surface area contributed by atoms with Crippen molar-refractivity contribution in [1.29, 1.82) is 0 Å². The number of hydrogen-bond donors (Lipinski definition) is 3. The topological polar surface area (TPSA) is 77.1 Å². The number of aromatic nitrogens is 3. The van der Waals surface area contributed by atoms with Gasteiger partial charge in [0.05, 0.1) is 17.0 Å². The molecule has 0 aliphatic carbocycles. The minimum Gasteiger partial charge on any atom is -0.494 e. The van der Waals surface area contributed by atoms with Gasteiger partial charge < -0.3 is 15.1 Å². The first-order chi connectivity index (χ1) is 14.3. The highest BCUT2D eigenvalue weighted by atomic mass is 16.3. The van der Waals surface area contributed by atoms with Gasteiger partial charge in [0.1, 0.15) is 5.82 Å². The van der Waals surface area contributed by atoms with Crippen LogP contribution in [0.25, 0.3) is 22.3 Å². The van der Waals surface area contributed by atoms with E-state index in [-0.39, 0.29) is 5.88 Å². The normalized spacial score (nSPS) is 11.8. The molecule has 5 nitrogen and oxygen atoms in total. The molecule has 29 heavy (non-hydrogen) atoms. The van der Waals surface area contributed by atoms with Crippen LogP contribution in [0.4, 0.5) is 5.69 Å². The number of H-pyrrole nitrogens is 2. The molecule has 5 rings (SSSR count). The third kappa shape index (κ3) is 3.19. The second-order valence-corrected chi connectivity index (χ2v) is 6.71. The molecule has 0 spiro atoms. The molecular weight excluding hydrogens is 360 g/mol. The number of hydrogen-bond acceptors (Lipinski definition) is 3. The predicted molar refractivity (Wildman–Crippen MR) is 116 cm³/mol. The molecule has 0 radical (unpaired) electrons. The van der Waals surface area contributed by atoms with E-state index in [2.05, 4.69) is 15.0 Å². The molecule has 0 atom stereocenters. The van der Waals surface area contributed by atoms with Crippen molar-refractivity contribution >= 4 is 22.3 Å². The number of nitrogens with one attached hydrogen (secondary N) is 2. The molecule has 0 aliphatic rings. The fourth-order valence-electron chi connectivity index (χ4n) is 3.50. The van der Waals surface area contributed by atoms with Crippen molar-refractivity contribution in [3.05, 3.63) is 102 Å². The van der Waals surface area contributed by atoms with E-state index in [0.29, 0.717) is 11.3 Å². The van der Waals surface area contributed by atoms with Gasteiger partial charge in [0, 0.05) is 34.4 Å². The van der Waals surface area contributed by atoms with Crippen LogP contribution in [-0.2, 0) is 0 Å². The van der Waals surface area contributed by atoms with Gasteiger partial charge in [0.2, 0.25) is 0 Å². The first-order valence-electron chi connectivity index (χ1n) is 9.33. The van der Waals surface area contributed by atoms with Crippen LogP contribution in [0.3, 0.4) is 0 Å². The fraction of sp³-hybridized carbons (Fsp3) is 0. The minimum atomic E-state index is 0.107. The van der Waals surface area contributed by atoms with Crippen LogP contribution in [-0.4, -0.2) is 25.8 Å². The summed E-state index contributed by atoms with van der Waals surface area (Å²) in [6, 6.07) is 25.6. The molecule has 3 N–H and O–H groups in total. The van der Waals surface area contributed by atoms with Gasteiger partial charge in [-0.25, -0.2) is 9.98 Å². The summed E-state index contributed by atoms with van der Waals surface area (Å²) in [4.78, 5) is 15.4. The van der Waals surface area contributed by atoms with Crippen LogP contribution in [0, 0.1) is 0 Å². The lowest BCUT2D eigenvalue weighted by atomic mass is 10.0. The second-order valence-electron chi connectivity index (χ2n) is 6.71. The Balaban J connectivity index is 1.72. The number of benzene rings is 3. The van der Waals surface area contributed by atoms with Crippen LogP contribution in [0.15, 0.2) is 96.2 Å². The number of para-hydroxylation sites is 1. The lowest BCUT2D eigenvalue weighted by Gasteiger charge is -2.08. The number of imidazole rings is 1. The molecular formula is C24H18N4O. The van der Waals surface area contributed by atoms with Crippen LogP contribution < -0.4 is 0 Å². The van der Waals surface area contributed by atoms with Gasteiger partial charge in [-0.05, 0) is 18.2 Å². The first kappa shape index (κ1) is 17.0. The van der Waals surface area contributed by atoms with Crippen molar-refractivity contribution in [3.8, 4) is 17.3 Å². The number of aliphatic imine (C=N–C) groups is 1. The van der Waals surface area contributed by atoms with Crippen molar-refractivity contribution in [1.82, 2.24) is 15.0 Å². The number of nitrogens with zero attached hydrogens (tertiary/aromatic N) is 2. The Labute approximate surface area is 167 Å². The highest BCUT2D eigenvalue weighted by Crippen LogP contribution is 2.32. The Kier molecular flexibility index (Phi) is 4.18. The third-order valence-electron chi connectivity index (χ3n) is 4.83. The Bertz CT molecular complexity index is 1300. The van der Waals surface area contributed by atoms with Gasteiger partial charge in [-0.1, -0.05) is 60.7 Å². The van der Waals surface area contributed by atoms with E-state index in [1.54, 1.807) is 12.4 Å². The molecule has 5 aromatic rings. The Hall–Kier alpha value is -4.12. The van der Waals surface area contributed by atoms with E-state index >= 15 is 0 Å². The Morgan fingerprint density at radius 3 is 2.55 bits per heavy atom. The van der Waals surface area contributed by atoms with Crippen LogP contribution in [0.1, 0.15) is 11.1 Å². The molecule has 0 aliphatic heterocycles. The zero-order valence-corrected chi connectivity index (χ0v) is 15.5. The maximum atomic E-state index is 10.7. The van der Waals surface area contributed by atoms with Gasteiger partial charge >= 0.3 is 0 Å². The summed E-state index contributed by atoms with van der Waals surface area (Å²) in [5.41, 5.74) is 4.92. The van der Waals surface area contributed by atoms with Crippen LogP contribution in [0.5, 0.6) is 5.88 Å². The molecule has 3 aromatic carbocycles. The summed E-state index contributed by atoms with van der Waals surface area (Å²) in [5, 5.41) is 11.6. The van der Waals surface area contributed by atoms with Gasteiger partial charge in [0.25, 0.3) is 0 Å². The summed E-state index contributed by atoms with van der Waals surface area (Å²) in [6.45, 7) is 0. The zero-order chi connectivity index (χ0) is 19.6. The molecule has 0 unspecified atom stereocenters. The van der Waals surface area contributed by atoms with Gasteiger partial charge in [0.15, 0.2) is 5.88 Å². The van der Waals surface area contributed by atoms with E-state index in [1.165, 1.54) is 0 Å². The van der Waals surface area contributed by atoms with E-state index < -0.39 is 0 Å². The first-order valence-corrected chi connectivity index (χ1v) is 9.33. The predicted octanol–water partition coefficient (Wildman–Crippen LogP) is 5.43. The van der Waals surface area contributed by atoms with Crippen molar-refractivity contribution in [3.63, 3.8) is 0 Å². The highest BCUT2D eigenvalue weighted by Gasteiger charge is 2.18. The van der Waals surface area contributed by atoms with E-state index in [9.17, 15) is 5.11 Å². The molecule has 0 saturated heterocycles. The monoisotopic (exact) mass is 378 g/mol. The van der Waals surface area contributed by atoms with E-state index in [4.69, 9.17) is 4.99 Å². The number of aromatic amines is 2. The Morgan fingerprint density at radius 1 is 0.897 bits per heavy atom. The third-order valence-corrected chi connectivity index (χ3v) is 4.83. The van der Waals surface area contributed by atoms with E-state index in [0.717, 1.165) is 33.5 Å². The number of rotatable bonds is 4. The molecule has 0 amide bonds.